The zero-order valence-electron chi connectivity index (χ0n) is 16.4. The molecule has 28 heavy (non-hydrogen) atoms. The van der Waals surface area contributed by atoms with E-state index in [9.17, 15) is 4.79 Å². The lowest BCUT2D eigenvalue weighted by Crippen LogP contribution is -2.47. The third-order valence-corrected chi connectivity index (χ3v) is 5.34. The third kappa shape index (κ3) is 4.00. The summed E-state index contributed by atoms with van der Waals surface area (Å²) in [4.78, 5) is 23.8. The Kier molecular flexibility index (Phi) is 5.28. The van der Waals surface area contributed by atoms with E-state index in [0.717, 1.165) is 11.3 Å². The molecule has 1 atom stereocenters. The second-order valence-electron chi connectivity index (χ2n) is 7.39. The molecule has 0 radical (unpaired) electrons. The SMILES string of the molecule is Cc1cc(C(=O)N2CCC3(CC2)OCCO3)nc(NC(C)c2ccccc2)n1. The van der Waals surface area contributed by atoms with Crippen molar-refractivity contribution in [3.05, 3.63) is 53.3 Å². The van der Waals surface area contributed by atoms with Gasteiger partial charge in [0.15, 0.2) is 5.79 Å². The van der Waals surface area contributed by atoms with E-state index >= 15 is 0 Å². The van der Waals surface area contributed by atoms with Crippen LogP contribution in [0.25, 0.3) is 0 Å². The Bertz CT molecular complexity index is 827. The molecule has 3 heterocycles. The van der Waals surface area contributed by atoms with Crippen molar-refractivity contribution in [3.8, 4) is 0 Å². The molecule has 1 spiro atoms. The first-order valence-electron chi connectivity index (χ1n) is 9.79. The number of aromatic nitrogens is 2. The smallest absolute Gasteiger partial charge is 0.272 e. The van der Waals surface area contributed by atoms with Crippen molar-refractivity contribution in [1.29, 1.82) is 0 Å². The van der Waals surface area contributed by atoms with Crippen molar-refractivity contribution in [1.82, 2.24) is 14.9 Å². The summed E-state index contributed by atoms with van der Waals surface area (Å²) in [7, 11) is 0. The van der Waals surface area contributed by atoms with E-state index in [1.165, 1.54) is 0 Å². The van der Waals surface area contributed by atoms with Crippen molar-refractivity contribution >= 4 is 11.9 Å². The van der Waals surface area contributed by atoms with Gasteiger partial charge in [-0.2, -0.15) is 0 Å². The Balaban J connectivity index is 1.45. The molecule has 7 heteroatoms. The van der Waals surface area contributed by atoms with E-state index in [4.69, 9.17) is 9.47 Å². The number of ether oxygens (including phenoxy) is 2. The minimum atomic E-state index is -0.490. The Morgan fingerprint density at radius 2 is 1.82 bits per heavy atom. The second-order valence-corrected chi connectivity index (χ2v) is 7.39. The molecule has 1 unspecified atom stereocenters. The lowest BCUT2D eigenvalue weighted by molar-refractivity contribution is -0.181. The molecule has 2 fully saturated rings. The highest BCUT2D eigenvalue weighted by molar-refractivity contribution is 5.92. The number of likely N-dealkylation sites (tertiary alicyclic amines) is 1. The zero-order chi connectivity index (χ0) is 19.6. The van der Waals surface area contributed by atoms with E-state index in [1.807, 2.05) is 36.9 Å². The number of nitrogens with zero attached hydrogens (tertiary/aromatic N) is 3. The summed E-state index contributed by atoms with van der Waals surface area (Å²) in [5, 5.41) is 3.30. The first-order chi connectivity index (χ1) is 13.5. The number of carbonyl (C=O) groups is 1. The quantitative estimate of drug-likeness (QED) is 0.876. The Hall–Kier alpha value is -2.51. The van der Waals surface area contributed by atoms with Gasteiger partial charge >= 0.3 is 0 Å². The number of carbonyl (C=O) groups excluding carboxylic acids is 1. The number of benzene rings is 1. The highest BCUT2D eigenvalue weighted by atomic mass is 16.7. The number of aryl methyl sites for hydroxylation is 1. The van der Waals surface area contributed by atoms with Gasteiger partial charge in [0.1, 0.15) is 5.69 Å². The van der Waals surface area contributed by atoms with Crippen LogP contribution in [-0.2, 0) is 9.47 Å². The van der Waals surface area contributed by atoms with Crippen molar-refractivity contribution in [3.63, 3.8) is 0 Å². The van der Waals surface area contributed by atoms with Crippen LogP contribution in [0.2, 0.25) is 0 Å². The maximum atomic E-state index is 13.0. The number of nitrogens with one attached hydrogen (secondary N) is 1. The monoisotopic (exact) mass is 382 g/mol. The molecule has 148 valence electrons. The molecule has 4 rings (SSSR count). The van der Waals surface area contributed by atoms with Gasteiger partial charge in [-0.1, -0.05) is 30.3 Å². The van der Waals surface area contributed by atoms with Gasteiger partial charge in [0.25, 0.3) is 5.91 Å². The fourth-order valence-corrected chi connectivity index (χ4v) is 3.76. The summed E-state index contributed by atoms with van der Waals surface area (Å²) in [6, 6.07) is 11.9. The van der Waals surface area contributed by atoms with E-state index in [0.29, 0.717) is 50.8 Å². The number of anilines is 1. The molecule has 7 nitrogen and oxygen atoms in total. The van der Waals surface area contributed by atoms with Gasteiger partial charge in [-0.3, -0.25) is 4.79 Å². The highest BCUT2D eigenvalue weighted by Crippen LogP contribution is 2.31. The van der Waals surface area contributed by atoms with Gasteiger partial charge in [0, 0.05) is 31.6 Å². The average Bonchev–Trinajstić information content (AvgIpc) is 3.16. The predicted molar refractivity (Wildman–Crippen MR) is 105 cm³/mol. The molecule has 2 aliphatic rings. The van der Waals surface area contributed by atoms with E-state index in [-0.39, 0.29) is 11.9 Å². The molecular weight excluding hydrogens is 356 g/mol. The van der Waals surface area contributed by atoms with Crippen molar-refractivity contribution in [2.45, 2.75) is 38.5 Å². The van der Waals surface area contributed by atoms with Crippen LogP contribution in [0.3, 0.4) is 0 Å². The zero-order valence-corrected chi connectivity index (χ0v) is 16.4. The fourth-order valence-electron chi connectivity index (χ4n) is 3.76. The van der Waals surface area contributed by atoms with Crippen molar-refractivity contribution < 1.29 is 14.3 Å². The maximum absolute atomic E-state index is 13.0. The Morgan fingerprint density at radius 3 is 2.50 bits per heavy atom. The van der Waals surface area contributed by atoms with E-state index in [2.05, 4.69) is 27.4 Å². The fraction of sp³-hybridized carbons (Fsp3) is 0.476. The summed E-state index contributed by atoms with van der Waals surface area (Å²) in [5.41, 5.74) is 2.31. The standard InChI is InChI=1S/C21H26N4O3/c1-15-14-18(19(26)25-10-8-21(9-11-25)27-12-13-28-21)24-20(22-15)23-16(2)17-6-4-3-5-7-17/h3-7,14,16H,8-13H2,1-2H3,(H,22,23,24). The molecule has 0 bridgehead atoms. The molecular formula is C21H26N4O3. The summed E-state index contributed by atoms with van der Waals surface area (Å²) in [6.45, 7) is 6.40. The van der Waals surface area contributed by atoms with Gasteiger partial charge in [-0.05, 0) is 25.5 Å². The lowest BCUT2D eigenvalue weighted by Gasteiger charge is -2.37. The molecule has 1 N–H and O–H groups in total. The van der Waals surface area contributed by atoms with Crippen molar-refractivity contribution in [2.24, 2.45) is 0 Å². The minimum Gasteiger partial charge on any atom is -0.348 e. The third-order valence-electron chi connectivity index (χ3n) is 5.34. The molecule has 0 saturated carbocycles. The summed E-state index contributed by atoms with van der Waals surface area (Å²) in [6.07, 6.45) is 1.39. The lowest BCUT2D eigenvalue weighted by atomic mass is 10.0. The molecule has 1 aromatic carbocycles. The Labute approximate surface area is 165 Å². The van der Waals surface area contributed by atoms with Crippen molar-refractivity contribution in [2.75, 3.05) is 31.6 Å². The highest BCUT2D eigenvalue weighted by Gasteiger charge is 2.41. The van der Waals surface area contributed by atoms with Crippen LogP contribution in [0.15, 0.2) is 36.4 Å². The number of hydrogen-bond donors (Lipinski definition) is 1. The maximum Gasteiger partial charge on any atom is 0.272 e. The molecule has 2 saturated heterocycles. The minimum absolute atomic E-state index is 0.0393. The van der Waals surface area contributed by atoms with Crippen LogP contribution in [-0.4, -0.2) is 52.9 Å². The van der Waals surface area contributed by atoms with Crippen LogP contribution in [0.5, 0.6) is 0 Å². The van der Waals surface area contributed by atoms with Gasteiger partial charge in [-0.25, -0.2) is 9.97 Å². The summed E-state index contributed by atoms with van der Waals surface area (Å²) < 4.78 is 11.5. The van der Waals surface area contributed by atoms with Crippen LogP contribution >= 0.6 is 0 Å². The normalized spacial score (nSPS) is 19.6. The summed E-state index contributed by atoms with van der Waals surface area (Å²) in [5.74, 6) is -0.0969. The first-order valence-corrected chi connectivity index (χ1v) is 9.79. The number of amides is 1. The van der Waals surface area contributed by atoms with Gasteiger partial charge < -0.3 is 19.7 Å². The molecule has 0 aliphatic carbocycles. The van der Waals surface area contributed by atoms with Crippen LogP contribution < -0.4 is 5.32 Å². The summed E-state index contributed by atoms with van der Waals surface area (Å²) >= 11 is 0. The van der Waals surface area contributed by atoms with Gasteiger partial charge in [0.05, 0.1) is 19.3 Å². The molecule has 1 aromatic heterocycles. The van der Waals surface area contributed by atoms with Crippen LogP contribution in [0, 0.1) is 6.92 Å². The van der Waals surface area contributed by atoms with E-state index < -0.39 is 5.79 Å². The predicted octanol–water partition coefficient (Wildman–Crippen LogP) is 2.94. The van der Waals surface area contributed by atoms with E-state index in [1.54, 1.807) is 6.07 Å². The van der Waals surface area contributed by atoms with Crippen LogP contribution in [0.4, 0.5) is 5.95 Å². The Morgan fingerprint density at radius 1 is 1.14 bits per heavy atom. The first kappa shape index (κ1) is 18.8. The number of rotatable bonds is 4. The number of piperidine rings is 1. The largest absolute Gasteiger partial charge is 0.348 e. The van der Waals surface area contributed by atoms with Gasteiger partial charge in [-0.15, -0.1) is 0 Å². The molecule has 2 aromatic rings. The average molecular weight is 382 g/mol. The van der Waals surface area contributed by atoms with Crippen LogP contribution in [0.1, 0.15) is 47.6 Å². The number of hydrogen-bond acceptors (Lipinski definition) is 6. The van der Waals surface area contributed by atoms with Gasteiger partial charge in [0.2, 0.25) is 5.95 Å². The topological polar surface area (TPSA) is 76.6 Å². The molecule has 2 aliphatic heterocycles. The molecule has 1 amide bonds. The second kappa shape index (κ2) is 7.85.